The van der Waals surface area contributed by atoms with Gasteiger partial charge in [-0.25, -0.2) is 0 Å². The van der Waals surface area contributed by atoms with Crippen LogP contribution in [0, 0.1) is 0 Å². The van der Waals surface area contributed by atoms with E-state index in [2.05, 4.69) is 78.9 Å². The smallest absolute Gasteiger partial charge is 0.0843 e. The topological polar surface area (TPSA) is 0 Å². The van der Waals surface area contributed by atoms with E-state index in [1.165, 1.54) is 36.1 Å². The molecule has 0 N–H and O–H groups in total. The van der Waals surface area contributed by atoms with Crippen LogP contribution in [0.2, 0.25) is 11.1 Å². The second-order valence-electron chi connectivity index (χ2n) is 7.50. The van der Waals surface area contributed by atoms with Gasteiger partial charge in [0.1, 0.15) is 8.07 Å². The molecule has 5 rings (SSSR count). The van der Waals surface area contributed by atoms with E-state index in [1.54, 1.807) is 21.5 Å². The highest BCUT2D eigenvalue weighted by Gasteiger charge is 2.48. The summed E-state index contributed by atoms with van der Waals surface area (Å²) in [5.74, 6) is 0. The Balaban J connectivity index is 1.80. The van der Waals surface area contributed by atoms with Crippen LogP contribution in [-0.4, -0.2) is 8.07 Å². The third-order valence-electron chi connectivity index (χ3n) is 6.11. The second-order valence-corrected chi connectivity index (χ2v) is 12.0. The number of fused-ring (bicyclic) bond motifs is 3. The first-order valence-electron chi connectivity index (χ1n) is 9.41. The summed E-state index contributed by atoms with van der Waals surface area (Å²) in [5, 5.41) is 4.06. The lowest BCUT2D eigenvalue weighted by atomic mass is 9.97. The van der Waals surface area contributed by atoms with Gasteiger partial charge in [-0.15, -0.1) is 0 Å². The monoisotopic (exact) mass is 372 g/mol. The first-order valence-corrected chi connectivity index (χ1v) is 12.2. The molecule has 0 saturated carbocycles. The summed E-state index contributed by atoms with van der Waals surface area (Å²) in [6, 6.07) is 31.5. The molecule has 0 radical (unpaired) electrons. The van der Waals surface area contributed by atoms with Crippen LogP contribution in [0.1, 0.15) is 29.5 Å². The fraction of sp³-hybridized carbons (Fsp3) is 0.167. The average molecular weight is 373 g/mol. The molecule has 0 nitrogen and oxygen atoms in total. The summed E-state index contributed by atoms with van der Waals surface area (Å²) in [7, 11) is -1.78. The molecule has 0 aliphatic carbocycles. The van der Waals surface area contributed by atoms with Crippen molar-refractivity contribution in [3.63, 3.8) is 0 Å². The standard InChI is InChI=1S/C24H21ClSi/c25-20-12-14-21(15-13-20)26-16-6-11-22(18-7-2-1-3-8-18)24(26)23-10-5-4-9-19(23)17-26/h1-5,7-10,12-15H,6,11,16-17H2/t26-/m1/s1. The van der Waals surface area contributed by atoms with Gasteiger partial charge in [-0.05, 0) is 58.1 Å². The maximum absolute atomic E-state index is 6.21. The fourth-order valence-electron chi connectivity index (χ4n) is 5.03. The molecule has 1 atom stereocenters. The number of allylic oxidation sites excluding steroid dienone is 1. The van der Waals surface area contributed by atoms with E-state index < -0.39 is 8.07 Å². The van der Waals surface area contributed by atoms with Gasteiger partial charge in [0.05, 0.1) is 0 Å². The molecule has 26 heavy (non-hydrogen) atoms. The predicted octanol–water partition coefficient (Wildman–Crippen LogP) is 6.04. The molecule has 0 spiro atoms. The van der Waals surface area contributed by atoms with Crippen molar-refractivity contribution < 1.29 is 0 Å². The summed E-state index contributed by atoms with van der Waals surface area (Å²) >= 11 is 6.21. The first-order chi connectivity index (χ1) is 12.8. The molecule has 3 aromatic rings. The third-order valence-corrected chi connectivity index (χ3v) is 11.5. The molecule has 0 unspecified atom stereocenters. The van der Waals surface area contributed by atoms with E-state index in [0.717, 1.165) is 5.02 Å². The van der Waals surface area contributed by atoms with E-state index in [0.29, 0.717) is 0 Å². The Hall–Kier alpha value is -2.09. The predicted molar refractivity (Wildman–Crippen MR) is 114 cm³/mol. The molecule has 128 valence electrons. The zero-order chi connectivity index (χ0) is 17.6. The Morgan fingerprint density at radius 1 is 0.769 bits per heavy atom. The third kappa shape index (κ3) is 2.42. The van der Waals surface area contributed by atoms with Crippen LogP contribution < -0.4 is 5.19 Å². The molecule has 2 heteroatoms. The lowest BCUT2D eigenvalue weighted by Gasteiger charge is -2.36. The van der Waals surface area contributed by atoms with Crippen molar-refractivity contribution in [2.75, 3.05) is 0 Å². The normalized spacial score (nSPS) is 21.4. The van der Waals surface area contributed by atoms with Crippen LogP contribution in [0.3, 0.4) is 0 Å². The minimum Gasteiger partial charge on any atom is -0.0843 e. The summed E-state index contributed by atoms with van der Waals surface area (Å²) in [6.07, 6.45) is 2.48. The number of hydrogen-bond acceptors (Lipinski definition) is 0. The zero-order valence-corrected chi connectivity index (χ0v) is 16.5. The summed E-state index contributed by atoms with van der Waals surface area (Å²) < 4.78 is 0. The quantitative estimate of drug-likeness (QED) is 0.481. The Labute approximate surface area is 161 Å². The lowest BCUT2D eigenvalue weighted by Crippen LogP contribution is -2.50. The largest absolute Gasteiger partial charge is 0.123 e. The maximum Gasteiger partial charge on any atom is 0.123 e. The molecule has 0 amide bonds. The van der Waals surface area contributed by atoms with E-state index in [-0.39, 0.29) is 0 Å². The van der Waals surface area contributed by atoms with E-state index >= 15 is 0 Å². The van der Waals surface area contributed by atoms with Gasteiger partial charge in [0.15, 0.2) is 0 Å². The SMILES string of the molecule is Clc1ccc([Si@]23CCCC(c4ccccc4)=C2c2ccccc2C3)cc1. The van der Waals surface area contributed by atoms with Gasteiger partial charge < -0.3 is 0 Å². The van der Waals surface area contributed by atoms with Crippen molar-refractivity contribution in [1.29, 1.82) is 0 Å². The highest BCUT2D eigenvalue weighted by molar-refractivity contribution is 7.08. The van der Waals surface area contributed by atoms with Crippen molar-refractivity contribution >= 4 is 35.6 Å². The second kappa shape index (κ2) is 6.26. The van der Waals surface area contributed by atoms with Crippen LogP contribution in [0.25, 0.3) is 10.8 Å². The van der Waals surface area contributed by atoms with Crippen molar-refractivity contribution in [1.82, 2.24) is 0 Å². The highest BCUT2D eigenvalue weighted by atomic mass is 35.5. The fourth-order valence-corrected chi connectivity index (χ4v) is 10.7. The molecular weight excluding hydrogens is 352 g/mol. The van der Waals surface area contributed by atoms with Gasteiger partial charge in [0.2, 0.25) is 0 Å². The van der Waals surface area contributed by atoms with Gasteiger partial charge in [-0.2, -0.15) is 0 Å². The Morgan fingerprint density at radius 3 is 2.31 bits per heavy atom. The molecule has 3 aromatic carbocycles. The summed E-state index contributed by atoms with van der Waals surface area (Å²) in [5.41, 5.74) is 6.04. The van der Waals surface area contributed by atoms with Crippen molar-refractivity contribution in [3.05, 3.63) is 101 Å². The molecule has 0 bridgehead atoms. The number of hydrogen-bond donors (Lipinski definition) is 0. The van der Waals surface area contributed by atoms with Gasteiger partial charge in [0.25, 0.3) is 0 Å². The number of benzene rings is 3. The molecular formula is C24H21ClSi. The van der Waals surface area contributed by atoms with Gasteiger partial charge in [0, 0.05) is 5.02 Å². The van der Waals surface area contributed by atoms with Crippen LogP contribution in [0.5, 0.6) is 0 Å². The van der Waals surface area contributed by atoms with Crippen LogP contribution in [0.4, 0.5) is 0 Å². The minimum atomic E-state index is -1.78. The number of halogens is 1. The van der Waals surface area contributed by atoms with Crippen LogP contribution in [0.15, 0.2) is 78.9 Å². The van der Waals surface area contributed by atoms with E-state index in [1.807, 2.05) is 0 Å². The molecule has 0 aromatic heterocycles. The maximum atomic E-state index is 6.21. The van der Waals surface area contributed by atoms with Crippen LogP contribution in [-0.2, 0) is 6.04 Å². The van der Waals surface area contributed by atoms with Gasteiger partial charge in [-0.1, -0.05) is 89.9 Å². The first kappa shape index (κ1) is 16.1. The number of rotatable bonds is 2. The van der Waals surface area contributed by atoms with Crippen molar-refractivity contribution in [2.24, 2.45) is 0 Å². The molecule has 2 aliphatic heterocycles. The van der Waals surface area contributed by atoms with Gasteiger partial charge in [-0.3, -0.25) is 0 Å². The molecule has 0 saturated heterocycles. The Bertz CT molecular complexity index is 988. The van der Waals surface area contributed by atoms with E-state index in [9.17, 15) is 0 Å². The summed E-state index contributed by atoms with van der Waals surface area (Å²) in [6.45, 7) is 0. The average Bonchev–Trinajstić information content (AvgIpc) is 3.05. The highest BCUT2D eigenvalue weighted by Crippen LogP contribution is 2.49. The molecule has 2 heterocycles. The van der Waals surface area contributed by atoms with Crippen molar-refractivity contribution in [2.45, 2.75) is 24.9 Å². The zero-order valence-electron chi connectivity index (χ0n) is 14.7. The lowest BCUT2D eigenvalue weighted by molar-refractivity contribution is 0.939. The van der Waals surface area contributed by atoms with Crippen LogP contribution >= 0.6 is 11.6 Å². The van der Waals surface area contributed by atoms with Gasteiger partial charge >= 0.3 is 0 Å². The van der Waals surface area contributed by atoms with E-state index in [4.69, 9.17) is 11.6 Å². The molecule has 2 aliphatic rings. The minimum absolute atomic E-state index is 0.833. The molecule has 0 fully saturated rings. The summed E-state index contributed by atoms with van der Waals surface area (Å²) in [4.78, 5) is 0. The Kier molecular flexibility index (Phi) is 3.88. The van der Waals surface area contributed by atoms with Crippen molar-refractivity contribution in [3.8, 4) is 0 Å². The Morgan fingerprint density at radius 2 is 1.50 bits per heavy atom.